The van der Waals surface area contributed by atoms with Crippen LogP contribution >= 0.6 is 12.6 Å². The molecule has 1 fully saturated rings. The maximum atomic E-state index is 12.0. The van der Waals surface area contributed by atoms with Crippen LogP contribution in [0.2, 0.25) is 0 Å². The minimum absolute atomic E-state index is 0.0727. The van der Waals surface area contributed by atoms with Crippen LogP contribution in [0, 0.1) is 11.8 Å². The summed E-state index contributed by atoms with van der Waals surface area (Å²) in [7, 11) is 0. The quantitative estimate of drug-likeness (QED) is 0.505. The Balaban J connectivity index is 1.87. The molecule has 1 aromatic rings. The molecule has 0 N–H and O–H groups in total. The molecule has 3 heteroatoms. The van der Waals surface area contributed by atoms with Crippen LogP contribution < -0.4 is 4.74 Å². The first-order valence-electron chi connectivity index (χ1n) is 6.69. The molecule has 0 aromatic heterocycles. The van der Waals surface area contributed by atoms with Crippen molar-refractivity contribution in [1.82, 2.24) is 0 Å². The molecule has 0 heterocycles. The summed E-state index contributed by atoms with van der Waals surface area (Å²) in [5.41, 5.74) is 0. The van der Waals surface area contributed by atoms with Crippen LogP contribution in [-0.2, 0) is 4.79 Å². The third kappa shape index (κ3) is 3.52. The van der Waals surface area contributed by atoms with Crippen LogP contribution in [0.3, 0.4) is 0 Å². The van der Waals surface area contributed by atoms with Crippen molar-refractivity contribution in [2.75, 3.05) is 0 Å². The van der Waals surface area contributed by atoms with Crippen LogP contribution in [-0.4, -0.2) is 5.97 Å². The van der Waals surface area contributed by atoms with E-state index in [0.29, 0.717) is 5.75 Å². The second kappa shape index (κ2) is 6.28. The van der Waals surface area contributed by atoms with Crippen molar-refractivity contribution in [1.29, 1.82) is 0 Å². The molecule has 0 amide bonds. The maximum absolute atomic E-state index is 12.0. The Morgan fingerprint density at radius 3 is 2.39 bits per heavy atom. The van der Waals surface area contributed by atoms with Crippen LogP contribution in [0.25, 0.3) is 0 Å². The fourth-order valence-corrected chi connectivity index (χ4v) is 2.67. The summed E-state index contributed by atoms with van der Waals surface area (Å²) in [5.74, 6) is 1.44. The van der Waals surface area contributed by atoms with Gasteiger partial charge in [-0.05, 0) is 55.9 Å². The van der Waals surface area contributed by atoms with Gasteiger partial charge in [0.15, 0.2) is 0 Å². The monoisotopic (exact) mass is 264 g/mol. The highest BCUT2D eigenvalue weighted by Gasteiger charge is 2.26. The fraction of sp³-hybridized carbons (Fsp3) is 0.533. The van der Waals surface area contributed by atoms with Crippen molar-refractivity contribution < 1.29 is 9.53 Å². The van der Waals surface area contributed by atoms with Gasteiger partial charge < -0.3 is 4.74 Å². The first kappa shape index (κ1) is 13.5. The maximum Gasteiger partial charge on any atom is 0.314 e. The van der Waals surface area contributed by atoms with Crippen molar-refractivity contribution >= 4 is 18.6 Å². The zero-order valence-corrected chi connectivity index (χ0v) is 11.7. The van der Waals surface area contributed by atoms with Crippen molar-refractivity contribution in [2.45, 2.75) is 43.9 Å². The first-order valence-corrected chi connectivity index (χ1v) is 7.14. The van der Waals surface area contributed by atoms with E-state index in [4.69, 9.17) is 4.74 Å². The number of rotatable bonds is 3. The molecule has 0 bridgehead atoms. The lowest BCUT2D eigenvalue weighted by atomic mass is 9.81. The lowest BCUT2D eigenvalue weighted by Crippen LogP contribution is -2.25. The topological polar surface area (TPSA) is 26.3 Å². The lowest BCUT2D eigenvalue weighted by molar-refractivity contribution is -0.140. The molecule has 1 saturated carbocycles. The van der Waals surface area contributed by atoms with Crippen molar-refractivity contribution in [3.05, 3.63) is 24.3 Å². The van der Waals surface area contributed by atoms with Gasteiger partial charge in [0, 0.05) is 4.90 Å². The van der Waals surface area contributed by atoms with Gasteiger partial charge in [0.1, 0.15) is 5.75 Å². The number of hydrogen-bond acceptors (Lipinski definition) is 3. The smallest absolute Gasteiger partial charge is 0.314 e. The Morgan fingerprint density at radius 1 is 1.22 bits per heavy atom. The Morgan fingerprint density at radius 2 is 1.83 bits per heavy atom. The predicted molar refractivity (Wildman–Crippen MR) is 75.1 cm³/mol. The molecule has 0 saturated heterocycles. The van der Waals surface area contributed by atoms with Gasteiger partial charge in [0.25, 0.3) is 0 Å². The van der Waals surface area contributed by atoms with Gasteiger partial charge in [-0.1, -0.05) is 13.3 Å². The van der Waals surface area contributed by atoms with Gasteiger partial charge in [-0.15, -0.1) is 12.6 Å². The zero-order valence-electron chi connectivity index (χ0n) is 10.8. The zero-order chi connectivity index (χ0) is 13.0. The normalized spacial score (nSPS) is 23.7. The number of carbonyl (C=O) groups excluding carboxylic acids is 1. The Bertz CT molecular complexity index is 391. The minimum Gasteiger partial charge on any atom is -0.426 e. The summed E-state index contributed by atoms with van der Waals surface area (Å²) in [5, 5.41) is 0. The predicted octanol–water partition coefficient (Wildman–Crippen LogP) is 4.10. The van der Waals surface area contributed by atoms with E-state index >= 15 is 0 Å². The number of ether oxygens (including phenoxy) is 1. The van der Waals surface area contributed by atoms with E-state index in [0.717, 1.165) is 36.5 Å². The van der Waals surface area contributed by atoms with Gasteiger partial charge in [0.2, 0.25) is 0 Å². The Hall–Kier alpha value is -0.960. The third-order valence-electron chi connectivity index (χ3n) is 3.81. The van der Waals surface area contributed by atoms with E-state index in [1.807, 2.05) is 12.1 Å². The van der Waals surface area contributed by atoms with Gasteiger partial charge in [0.05, 0.1) is 5.92 Å². The van der Waals surface area contributed by atoms with Crippen molar-refractivity contribution in [3.8, 4) is 5.75 Å². The molecular weight excluding hydrogens is 244 g/mol. The van der Waals surface area contributed by atoms with Gasteiger partial charge in [-0.3, -0.25) is 4.79 Å². The third-order valence-corrected chi connectivity index (χ3v) is 4.11. The van der Waals surface area contributed by atoms with E-state index in [-0.39, 0.29) is 11.9 Å². The van der Waals surface area contributed by atoms with Crippen LogP contribution in [0.15, 0.2) is 29.2 Å². The molecule has 2 rings (SSSR count). The molecule has 1 aromatic carbocycles. The number of esters is 1. The summed E-state index contributed by atoms with van der Waals surface area (Å²) in [6.07, 6.45) is 5.49. The summed E-state index contributed by atoms with van der Waals surface area (Å²) in [4.78, 5) is 12.9. The van der Waals surface area contributed by atoms with E-state index in [1.54, 1.807) is 12.1 Å². The SMILES string of the molecule is CCC1CCC(C(=O)Oc2ccc(S)cc2)CC1. The van der Waals surface area contributed by atoms with Crippen molar-refractivity contribution in [2.24, 2.45) is 11.8 Å². The highest BCUT2D eigenvalue weighted by atomic mass is 32.1. The Kier molecular flexibility index (Phi) is 4.70. The number of carbonyl (C=O) groups is 1. The molecular formula is C15H20O2S. The van der Waals surface area contributed by atoms with Crippen molar-refractivity contribution in [3.63, 3.8) is 0 Å². The average Bonchev–Trinajstić information content (AvgIpc) is 2.41. The van der Waals surface area contributed by atoms with E-state index < -0.39 is 0 Å². The minimum atomic E-state index is -0.0727. The fourth-order valence-electron chi connectivity index (χ4n) is 2.52. The lowest BCUT2D eigenvalue weighted by Gasteiger charge is -2.26. The summed E-state index contributed by atoms with van der Waals surface area (Å²) >= 11 is 4.20. The second-order valence-electron chi connectivity index (χ2n) is 5.04. The van der Waals surface area contributed by atoms with E-state index in [1.165, 1.54) is 6.42 Å². The molecule has 98 valence electrons. The molecule has 2 nitrogen and oxygen atoms in total. The Labute approximate surface area is 114 Å². The van der Waals surface area contributed by atoms with Gasteiger partial charge in [-0.2, -0.15) is 0 Å². The molecule has 0 unspecified atom stereocenters. The second-order valence-corrected chi connectivity index (χ2v) is 5.56. The average molecular weight is 264 g/mol. The summed E-state index contributed by atoms with van der Waals surface area (Å²) < 4.78 is 5.40. The summed E-state index contributed by atoms with van der Waals surface area (Å²) in [6.45, 7) is 2.22. The number of hydrogen-bond donors (Lipinski definition) is 1. The van der Waals surface area contributed by atoms with Crippen LogP contribution in [0.5, 0.6) is 5.75 Å². The number of thiol groups is 1. The largest absolute Gasteiger partial charge is 0.426 e. The van der Waals surface area contributed by atoms with Gasteiger partial charge in [-0.25, -0.2) is 0 Å². The standard InChI is InChI=1S/C15H20O2S/c1-2-11-3-5-12(6-4-11)15(16)17-13-7-9-14(18)10-8-13/h7-12,18H,2-6H2,1H3. The molecule has 0 aliphatic heterocycles. The molecule has 0 spiro atoms. The van der Waals surface area contributed by atoms with E-state index in [2.05, 4.69) is 19.6 Å². The molecule has 18 heavy (non-hydrogen) atoms. The first-order chi connectivity index (χ1) is 8.69. The number of benzene rings is 1. The molecule has 0 radical (unpaired) electrons. The highest BCUT2D eigenvalue weighted by Crippen LogP contribution is 2.31. The summed E-state index contributed by atoms with van der Waals surface area (Å²) in [6, 6.07) is 7.25. The highest BCUT2D eigenvalue weighted by molar-refractivity contribution is 7.80. The van der Waals surface area contributed by atoms with E-state index in [9.17, 15) is 4.79 Å². The van der Waals surface area contributed by atoms with Crippen LogP contribution in [0.4, 0.5) is 0 Å². The van der Waals surface area contributed by atoms with Gasteiger partial charge >= 0.3 is 5.97 Å². The molecule has 1 aliphatic carbocycles. The van der Waals surface area contributed by atoms with Crippen LogP contribution in [0.1, 0.15) is 39.0 Å². The molecule has 0 atom stereocenters. The molecule has 1 aliphatic rings.